The second kappa shape index (κ2) is 7.97. The van der Waals surface area contributed by atoms with Gasteiger partial charge in [-0.2, -0.15) is 5.10 Å². The Labute approximate surface area is 142 Å². The van der Waals surface area contributed by atoms with Crippen molar-refractivity contribution in [2.24, 2.45) is 0 Å². The van der Waals surface area contributed by atoms with Crippen molar-refractivity contribution >= 4 is 5.91 Å². The number of likely N-dealkylation sites (tertiary alicyclic amines) is 1. The SMILES string of the molecule is COc1cccc(COCC(=O)N2CCCC2Cn2cccn2)c1. The first-order valence-electron chi connectivity index (χ1n) is 8.24. The van der Waals surface area contributed by atoms with E-state index in [1.54, 1.807) is 13.3 Å². The molecule has 1 aliphatic rings. The molecule has 6 nitrogen and oxygen atoms in total. The fraction of sp³-hybridized carbons (Fsp3) is 0.444. The van der Waals surface area contributed by atoms with Crippen LogP contribution in [0, 0.1) is 0 Å². The number of carbonyl (C=O) groups excluding carboxylic acids is 1. The number of amides is 1. The van der Waals surface area contributed by atoms with Crippen LogP contribution in [0.25, 0.3) is 0 Å². The molecule has 128 valence electrons. The molecule has 0 aliphatic carbocycles. The molecular weight excluding hydrogens is 306 g/mol. The van der Waals surface area contributed by atoms with Crippen LogP contribution in [0.4, 0.5) is 0 Å². The highest BCUT2D eigenvalue weighted by Gasteiger charge is 2.28. The van der Waals surface area contributed by atoms with Gasteiger partial charge in [0.1, 0.15) is 12.4 Å². The molecule has 0 radical (unpaired) electrons. The molecule has 1 aromatic carbocycles. The molecule has 1 aliphatic heterocycles. The van der Waals surface area contributed by atoms with E-state index < -0.39 is 0 Å². The third-order valence-electron chi connectivity index (χ3n) is 4.28. The second-order valence-corrected chi connectivity index (χ2v) is 5.96. The smallest absolute Gasteiger partial charge is 0.248 e. The van der Waals surface area contributed by atoms with Gasteiger partial charge in [-0.25, -0.2) is 0 Å². The Kier molecular flexibility index (Phi) is 5.48. The minimum atomic E-state index is 0.0487. The van der Waals surface area contributed by atoms with Crippen molar-refractivity contribution in [3.63, 3.8) is 0 Å². The summed E-state index contributed by atoms with van der Waals surface area (Å²) in [5.74, 6) is 0.841. The maximum Gasteiger partial charge on any atom is 0.248 e. The molecule has 1 saturated heterocycles. The van der Waals surface area contributed by atoms with Gasteiger partial charge in [0.25, 0.3) is 0 Å². The number of benzene rings is 1. The Morgan fingerprint density at radius 1 is 1.38 bits per heavy atom. The lowest BCUT2D eigenvalue weighted by atomic mass is 10.2. The highest BCUT2D eigenvalue weighted by molar-refractivity contribution is 5.78. The molecule has 1 amide bonds. The highest BCUT2D eigenvalue weighted by Crippen LogP contribution is 2.19. The summed E-state index contributed by atoms with van der Waals surface area (Å²) in [6.07, 6.45) is 5.74. The van der Waals surface area contributed by atoms with Crippen LogP contribution >= 0.6 is 0 Å². The van der Waals surface area contributed by atoms with Crippen molar-refractivity contribution in [3.8, 4) is 5.75 Å². The van der Waals surface area contributed by atoms with Crippen LogP contribution in [-0.4, -0.2) is 46.9 Å². The molecule has 0 N–H and O–H groups in total. The fourth-order valence-electron chi connectivity index (χ4n) is 3.08. The lowest BCUT2D eigenvalue weighted by molar-refractivity contribution is -0.137. The Bertz CT molecular complexity index is 657. The van der Waals surface area contributed by atoms with E-state index in [0.29, 0.717) is 6.61 Å². The summed E-state index contributed by atoms with van der Waals surface area (Å²) in [5.41, 5.74) is 0.997. The van der Waals surface area contributed by atoms with E-state index in [1.807, 2.05) is 46.1 Å². The van der Waals surface area contributed by atoms with Crippen LogP contribution in [0.15, 0.2) is 42.7 Å². The first-order valence-corrected chi connectivity index (χ1v) is 8.24. The summed E-state index contributed by atoms with van der Waals surface area (Å²) in [4.78, 5) is 14.4. The Morgan fingerprint density at radius 2 is 2.29 bits per heavy atom. The minimum absolute atomic E-state index is 0.0487. The van der Waals surface area contributed by atoms with E-state index in [2.05, 4.69) is 5.10 Å². The van der Waals surface area contributed by atoms with E-state index in [4.69, 9.17) is 9.47 Å². The Balaban J connectivity index is 1.48. The molecule has 1 atom stereocenters. The summed E-state index contributed by atoms with van der Waals surface area (Å²) in [5, 5.41) is 4.23. The van der Waals surface area contributed by atoms with E-state index in [9.17, 15) is 4.79 Å². The Hall–Kier alpha value is -2.34. The van der Waals surface area contributed by atoms with E-state index in [1.165, 1.54) is 0 Å². The van der Waals surface area contributed by atoms with Gasteiger partial charge in [-0.05, 0) is 36.6 Å². The highest BCUT2D eigenvalue weighted by atomic mass is 16.5. The summed E-state index contributed by atoms with van der Waals surface area (Å²) in [6, 6.07) is 9.79. The van der Waals surface area contributed by atoms with E-state index in [-0.39, 0.29) is 18.6 Å². The minimum Gasteiger partial charge on any atom is -0.497 e. The third-order valence-corrected chi connectivity index (χ3v) is 4.28. The molecule has 2 heterocycles. The third kappa shape index (κ3) is 4.14. The van der Waals surface area contributed by atoms with Gasteiger partial charge >= 0.3 is 0 Å². The normalized spacial score (nSPS) is 17.2. The fourth-order valence-corrected chi connectivity index (χ4v) is 3.08. The average Bonchev–Trinajstić information content (AvgIpc) is 3.27. The zero-order valence-corrected chi connectivity index (χ0v) is 13.9. The number of hydrogen-bond donors (Lipinski definition) is 0. The van der Waals surface area contributed by atoms with Crippen molar-refractivity contribution in [2.75, 3.05) is 20.3 Å². The average molecular weight is 329 g/mol. The van der Waals surface area contributed by atoms with Crippen LogP contribution < -0.4 is 4.74 Å². The summed E-state index contributed by atoms with van der Waals surface area (Å²) in [6.45, 7) is 2.05. The van der Waals surface area contributed by atoms with Gasteiger partial charge in [-0.3, -0.25) is 9.48 Å². The number of aromatic nitrogens is 2. The maximum absolute atomic E-state index is 12.4. The molecule has 1 aromatic heterocycles. The van der Waals surface area contributed by atoms with Crippen LogP contribution in [0.2, 0.25) is 0 Å². The largest absolute Gasteiger partial charge is 0.497 e. The molecule has 1 unspecified atom stereocenters. The van der Waals surface area contributed by atoms with Gasteiger partial charge in [-0.1, -0.05) is 12.1 Å². The molecule has 3 rings (SSSR count). The molecule has 0 bridgehead atoms. The van der Waals surface area contributed by atoms with Crippen LogP contribution in [-0.2, 0) is 22.7 Å². The number of nitrogens with zero attached hydrogens (tertiary/aromatic N) is 3. The van der Waals surface area contributed by atoms with Gasteiger partial charge in [0.2, 0.25) is 5.91 Å². The van der Waals surface area contributed by atoms with Crippen molar-refractivity contribution in [3.05, 3.63) is 48.3 Å². The molecule has 24 heavy (non-hydrogen) atoms. The lowest BCUT2D eigenvalue weighted by Gasteiger charge is -2.24. The number of methoxy groups -OCH3 is 1. The molecule has 0 spiro atoms. The van der Waals surface area contributed by atoms with Gasteiger partial charge in [-0.15, -0.1) is 0 Å². The van der Waals surface area contributed by atoms with Crippen molar-refractivity contribution in [2.45, 2.75) is 32.0 Å². The van der Waals surface area contributed by atoms with Gasteiger partial charge in [0.05, 0.1) is 26.3 Å². The quantitative estimate of drug-likeness (QED) is 0.780. The number of carbonyl (C=O) groups is 1. The van der Waals surface area contributed by atoms with Gasteiger partial charge in [0, 0.05) is 18.9 Å². The topological polar surface area (TPSA) is 56.6 Å². The predicted octanol–water partition coefficient (Wildman–Crippen LogP) is 2.10. The summed E-state index contributed by atoms with van der Waals surface area (Å²) in [7, 11) is 1.64. The van der Waals surface area contributed by atoms with Gasteiger partial charge < -0.3 is 14.4 Å². The number of ether oxygens (including phenoxy) is 2. The van der Waals surface area contributed by atoms with Crippen molar-refractivity contribution < 1.29 is 14.3 Å². The molecule has 6 heteroatoms. The van der Waals surface area contributed by atoms with E-state index >= 15 is 0 Å². The maximum atomic E-state index is 12.4. The van der Waals surface area contributed by atoms with Crippen molar-refractivity contribution in [1.82, 2.24) is 14.7 Å². The molecule has 0 saturated carbocycles. The standard InChI is InChI=1S/C18H23N3O3/c1-23-17-7-2-5-15(11-17)13-24-14-18(22)21-10-3-6-16(21)12-20-9-4-8-19-20/h2,4-5,7-9,11,16H,3,6,10,12-14H2,1H3. The first-order chi connectivity index (χ1) is 11.8. The lowest BCUT2D eigenvalue weighted by Crippen LogP contribution is -2.40. The molecular formula is C18H23N3O3. The zero-order valence-electron chi connectivity index (χ0n) is 13.9. The zero-order chi connectivity index (χ0) is 16.8. The Morgan fingerprint density at radius 3 is 3.08 bits per heavy atom. The predicted molar refractivity (Wildman–Crippen MR) is 89.6 cm³/mol. The summed E-state index contributed by atoms with van der Waals surface area (Å²) >= 11 is 0. The van der Waals surface area contributed by atoms with Crippen LogP contribution in [0.5, 0.6) is 5.75 Å². The summed E-state index contributed by atoms with van der Waals surface area (Å²) < 4.78 is 12.7. The number of hydrogen-bond acceptors (Lipinski definition) is 4. The second-order valence-electron chi connectivity index (χ2n) is 5.96. The first kappa shape index (κ1) is 16.5. The van der Waals surface area contributed by atoms with Crippen molar-refractivity contribution in [1.29, 1.82) is 0 Å². The van der Waals surface area contributed by atoms with Gasteiger partial charge in [0.15, 0.2) is 0 Å². The molecule has 2 aromatic rings. The van der Waals surface area contributed by atoms with Crippen LogP contribution in [0.1, 0.15) is 18.4 Å². The van der Waals surface area contributed by atoms with Crippen LogP contribution in [0.3, 0.4) is 0 Å². The van der Waals surface area contributed by atoms with E-state index in [0.717, 1.165) is 37.2 Å². The number of rotatable bonds is 7. The molecule has 1 fully saturated rings. The monoisotopic (exact) mass is 329 g/mol.